The predicted molar refractivity (Wildman–Crippen MR) is 73.2 cm³/mol. The van der Waals surface area contributed by atoms with Crippen LogP contribution >= 0.6 is 15.9 Å². The fourth-order valence-corrected chi connectivity index (χ4v) is 2.08. The molecule has 0 fully saturated rings. The van der Waals surface area contributed by atoms with Crippen molar-refractivity contribution in [1.82, 2.24) is 0 Å². The summed E-state index contributed by atoms with van der Waals surface area (Å²) in [5.74, 6) is -0.448. The van der Waals surface area contributed by atoms with Gasteiger partial charge in [0.25, 0.3) is 0 Å². The summed E-state index contributed by atoms with van der Waals surface area (Å²) >= 11 is 3.13. The maximum absolute atomic E-state index is 12.9. The fourth-order valence-electron chi connectivity index (χ4n) is 1.63. The van der Waals surface area contributed by atoms with Gasteiger partial charge in [0.05, 0.1) is 11.3 Å². The average Bonchev–Trinajstić information content (AvgIpc) is 2.33. The summed E-state index contributed by atoms with van der Waals surface area (Å²) in [6, 6.07) is 7.33. The van der Waals surface area contributed by atoms with Crippen molar-refractivity contribution in [2.24, 2.45) is 0 Å². The van der Waals surface area contributed by atoms with Gasteiger partial charge in [-0.3, -0.25) is 0 Å². The molecule has 0 heterocycles. The van der Waals surface area contributed by atoms with Crippen molar-refractivity contribution in [2.75, 3.05) is 11.1 Å². The van der Waals surface area contributed by atoms with Crippen LogP contribution in [-0.2, 0) is 6.18 Å². The number of anilines is 3. The summed E-state index contributed by atoms with van der Waals surface area (Å²) in [5.41, 5.74) is 4.71. The standard InChI is InChI=1S/C13H9BrF4N2/c14-10-5-7(15)1-4-12(10)20-8-2-3-11(19)9(6-8)13(16,17)18/h1-6,20H,19H2. The molecular weight excluding hydrogens is 340 g/mol. The van der Waals surface area contributed by atoms with E-state index in [4.69, 9.17) is 5.73 Å². The van der Waals surface area contributed by atoms with Gasteiger partial charge in [-0.2, -0.15) is 13.2 Å². The van der Waals surface area contributed by atoms with Crippen LogP contribution in [0.3, 0.4) is 0 Å². The molecule has 7 heteroatoms. The van der Waals surface area contributed by atoms with Crippen LogP contribution in [0.25, 0.3) is 0 Å². The second-order valence-electron chi connectivity index (χ2n) is 4.05. The molecule has 0 saturated carbocycles. The summed E-state index contributed by atoms with van der Waals surface area (Å²) in [6.07, 6.45) is -4.53. The van der Waals surface area contributed by atoms with E-state index in [2.05, 4.69) is 21.2 Å². The number of halogens is 5. The highest BCUT2D eigenvalue weighted by atomic mass is 79.9. The number of benzene rings is 2. The lowest BCUT2D eigenvalue weighted by molar-refractivity contribution is -0.136. The van der Waals surface area contributed by atoms with Crippen LogP contribution in [-0.4, -0.2) is 0 Å². The van der Waals surface area contributed by atoms with Crippen molar-refractivity contribution >= 4 is 33.0 Å². The van der Waals surface area contributed by atoms with E-state index >= 15 is 0 Å². The lowest BCUT2D eigenvalue weighted by Gasteiger charge is -2.14. The number of nitrogens with two attached hydrogens (primary N) is 1. The molecule has 2 rings (SSSR count). The van der Waals surface area contributed by atoms with Crippen molar-refractivity contribution in [1.29, 1.82) is 0 Å². The Morgan fingerprint density at radius 3 is 2.35 bits per heavy atom. The molecule has 0 amide bonds. The topological polar surface area (TPSA) is 38.0 Å². The number of nitrogens with one attached hydrogen (secondary N) is 1. The predicted octanol–water partition coefficient (Wildman–Crippen LogP) is 4.93. The molecule has 0 aliphatic carbocycles. The minimum Gasteiger partial charge on any atom is -0.398 e. The molecule has 0 aromatic heterocycles. The number of rotatable bonds is 2. The Hall–Kier alpha value is -1.76. The minimum absolute atomic E-state index is 0.207. The number of hydrogen-bond donors (Lipinski definition) is 2. The first-order valence-electron chi connectivity index (χ1n) is 5.46. The van der Waals surface area contributed by atoms with Gasteiger partial charge in [-0.25, -0.2) is 4.39 Å². The molecule has 0 bridgehead atoms. The minimum atomic E-state index is -4.53. The molecule has 0 saturated heterocycles. The van der Waals surface area contributed by atoms with Crippen LogP contribution in [0.2, 0.25) is 0 Å². The largest absolute Gasteiger partial charge is 0.418 e. The first-order chi connectivity index (χ1) is 9.27. The van der Waals surface area contributed by atoms with E-state index in [1.54, 1.807) is 0 Å². The van der Waals surface area contributed by atoms with Gasteiger partial charge >= 0.3 is 6.18 Å². The summed E-state index contributed by atoms with van der Waals surface area (Å²) in [5, 5.41) is 2.77. The third-order valence-electron chi connectivity index (χ3n) is 2.57. The van der Waals surface area contributed by atoms with Gasteiger partial charge in [0.15, 0.2) is 0 Å². The summed E-state index contributed by atoms with van der Waals surface area (Å²) in [7, 11) is 0. The van der Waals surface area contributed by atoms with Gasteiger partial charge in [0, 0.05) is 15.8 Å². The first kappa shape index (κ1) is 14.6. The third kappa shape index (κ3) is 3.22. The highest BCUT2D eigenvalue weighted by Crippen LogP contribution is 2.36. The Morgan fingerprint density at radius 1 is 1.05 bits per heavy atom. The molecule has 0 atom stereocenters. The molecule has 3 N–H and O–H groups in total. The van der Waals surface area contributed by atoms with Gasteiger partial charge in [-0.15, -0.1) is 0 Å². The first-order valence-corrected chi connectivity index (χ1v) is 6.25. The van der Waals surface area contributed by atoms with Crippen molar-refractivity contribution in [3.05, 3.63) is 52.3 Å². The zero-order valence-electron chi connectivity index (χ0n) is 9.93. The molecule has 20 heavy (non-hydrogen) atoms. The number of nitrogen functional groups attached to an aromatic ring is 1. The molecule has 2 nitrogen and oxygen atoms in total. The molecule has 0 aliphatic rings. The zero-order valence-corrected chi connectivity index (χ0v) is 11.5. The van der Waals surface area contributed by atoms with Crippen molar-refractivity contribution in [3.8, 4) is 0 Å². The Morgan fingerprint density at radius 2 is 1.75 bits per heavy atom. The molecule has 2 aromatic carbocycles. The smallest absolute Gasteiger partial charge is 0.398 e. The Bertz CT molecular complexity index is 641. The monoisotopic (exact) mass is 348 g/mol. The Labute approximate surface area is 120 Å². The van der Waals surface area contributed by atoms with Crippen LogP contribution in [0.1, 0.15) is 5.56 Å². The van der Waals surface area contributed by atoms with Gasteiger partial charge in [-0.1, -0.05) is 0 Å². The average molecular weight is 349 g/mol. The fraction of sp³-hybridized carbons (Fsp3) is 0.0769. The van der Waals surface area contributed by atoms with Crippen LogP contribution in [0.5, 0.6) is 0 Å². The van der Waals surface area contributed by atoms with Crippen molar-refractivity contribution in [3.63, 3.8) is 0 Å². The van der Waals surface area contributed by atoms with Crippen molar-refractivity contribution < 1.29 is 17.6 Å². The second kappa shape index (κ2) is 5.32. The van der Waals surface area contributed by atoms with Gasteiger partial charge in [0.2, 0.25) is 0 Å². The quantitative estimate of drug-likeness (QED) is 0.596. The van der Waals surface area contributed by atoms with Gasteiger partial charge in [-0.05, 0) is 52.3 Å². The van der Waals surface area contributed by atoms with Gasteiger partial charge in [0.1, 0.15) is 5.82 Å². The van der Waals surface area contributed by atoms with E-state index in [-0.39, 0.29) is 11.4 Å². The molecule has 106 valence electrons. The normalized spacial score (nSPS) is 11.4. The molecule has 2 aromatic rings. The Kier molecular flexibility index (Phi) is 3.89. The number of hydrogen-bond acceptors (Lipinski definition) is 2. The van der Waals surface area contributed by atoms with Gasteiger partial charge < -0.3 is 11.1 Å². The molecule has 0 aliphatic heterocycles. The van der Waals surface area contributed by atoms with E-state index in [1.165, 1.54) is 30.3 Å². The van der Waals surface area contributed by atoms with E-state index in [0.717, 1.165) is 6.07 Å². The van der Waals surface area contributed by atoms with E-state index in [9.17, 15) is 17.6 Å². The molecular formula is C13H9BrF4N2. The summed E-state index contributed by atoms with van der Waals surface area (Å²) in [6.45, 7) is 0. The van der Waals surface area contributed by atoms with Crippen LogP contribution < -0.4 is 11.1 Å². The van der Waals surface area contributed by atoms with Crippen LogP contribution in [0, 0.1) is 5.82 Å². The highest BCUT2D eigenvalue weighted by Gasteiger charge is 2.33. The maximum Gasteiger partial charge on any atom is 0.418 e. The highest BCUT2D eigenvalue weighted by molar-refractivity contribution is 9.10. The molecule has 0 spiro atoms. The third-order valence-corrected chi connectivity index (χ3v) is 3.22. The summed E-state index contributed by atoms with van der Waals surface area (Å²) in [4.78, 5) is 0. The maximum atomic E-state index is 12.9. The van der Waals surface area contributed by atoms with E-state index in [1.807, 2.05) is 0 Å². The van der Waals surface area contributed by atoms with Crippen molar-refractivity contribution in [2.45, 2.75) is 6.18 Å². The van der Waals surface area contributed by atoms with E-state index < -0.39 is 17.6 Å². The SMILES string of the molecule is Nc1ccc(Nc2ccc(F)cc2Br)cc1C(F)(F)F. The summed E-state index contributed by atoms with van der Waals surface area (Å²) < 4.78 is 51.5. The van der Waals surface area contributed by atoms with Crippen LogP contribution in [0.4, 0.5) is 34.6 Å². The lowest BCUT2D eigenvalue weighted by atomic mass is 10.1. The zero-order chi connectivity index (χ0) is 14.9. The van der Waals surface area contributed by atoms with Crippen LogP contribution in [0.15, 0.2) is 40.9 Å². The Balaban J connectivity index is 2.35. The number of alkyl halides is 3. The lowest BCUT2D eigenvalue weighted by Crippen LogP contribution is -2.09. The molecule has 0 radical (unpaired) electrons. The molecule has 0 unspecified atom stereocenters. The second-order valence-corrected chi connectivity index (χ2v) is 4.90. The van der Waals surface area contributed by atoms with E-state index in [0.29, 0.717) is 10.2 Å².